The fourth-order valence-corrected chi connectivity index (χ4v) is 2.62. The van der Waals surface area contributed by atoms with Crippen molar-refractivity contribution >= 4 is 0 Å². The van der Waals surface area contributed by atoms with Crippen molar-refractivity contribution in [3.05, 3.63) is 0 Å². The standard InChI is InChI=1S/C13H26O/c1-5-13(3,4)12(14)11-8-6-7-10(2)9-11/h10-12,14H,5-9H2,1-4H3. The quantitative estimate of drug-likeness (QED) is 0.734. The molecule has 1 rings (SSSR count). The summed E-state index contributed by atoms with van der Waals surface area (Å²) in [7, 11) is 0. The summed E-state index contributed by atoms with van der Waals surface area (Å²) in [6.45, 7) is 8.88. The third kappa shape index (κ3) is 2.73. The maximum atomic E-state index is 10.3. The van der Waals surface area contributed by atoms with Crippen molar-refractivity contribution in [2.24, 2.45) is 17.3 Å². The molecule has 3 unspecified atom stereocenters. The van der Waals surface area contributed by atoms with Crippen molar-refractivity contribution in [3.63, 3.8) is 0 Å². The smallest absolute Gasteiger partial charge is 0.0619 e. The van der Waals surface area contributed by atoms with Crippen LogP contribution in [0.5, 0.6) is 0 Å². The molecule has 1 aliphatic rings. The molecular weight excluding hydrogens is 172 g/mol. The van der Waals surface area contributed by atoms with Gasteiger partial charge < -0.3 is 5.11 Å². The maximum absolute atomic E-state index is 10.3. The molecule has 0 radical (unpaired) electrons. The third-order valence-electron chi connectivity index (χ3n) is 4.14. The summed E-state index contributed by atoms with van der Waals surface area (Å²) in [4.78, 5) is 0. The van der Waals surface area contributed by atoms with E-state index in [1.165, 1.54) is 25.7 Å². The second kappa shape index (κ2) is 4.65. The van der Waals surface area contributed by atoms with Gasteiger partial charge in [-0.3, -0.25) is 0 Å². The minimum Gasteiger partial charge on any atom is -0.392 e. The van der Waals surface area contributed by atoms with E-state index >= 15 is 0 Å². The normalized spacial score (nSPS) is 31.5. The van der Waals surface area contributed by atoms with E-state index in [-0.39, 0.29) is 11.5 Å². The maximum Gasteiger partial charge on any atom is 0.0619 e. The van der Waals surface area contributed by atoms with Crippen molar-refractivity contribution in [1.82, 2.24) is 0 Å². The molecule has 0 saturated heterocycles. The van der Waals surface area contributed by atoms with E-state index in [1.54, 1.807) is 0 Å². The minimum atomic E-state index is -0.102. The molecule has 0 amide bonds. The molecular formula is C13H26O. The Balaban J connectivity index is 2.55. The number of aliphatic hydroxyl groups is 1. The van der Waals surface area contributed by atoms with Gasteiger partial charge in [0.05, 0.1) is 6.10 Å². The number of hydrogen-bond donors (Lipinski definition) is 1. The molecule has 0 aromatic heterocycles. The minimum absolute atomic E-state index is 0.0989. The first kappa shape index (κ1) is 12.0. The number of rotatable bonds is 3. The monoisotopic (exact) mass is 198 g/mol. The summed E-state index contributed by atoms with van der Waals surface area (Å²) < 4.78 is 0. The largest absolute Gasteiger partial charge is 0.392 e. The van der Waals surface area contributed by atoms with Gasteiger partial charge in [0.1, 0.15) is 0 Å². The van der Waals surface area contributed by atoms with Crippen LogP contribution < -0.4 is 0 Å². The van der Waals surface area contributed by atoms with E-state index in [9.17, 15) is 5.11 Å². The van der Waals surface area contributed by atoms with Gasteiger partial charge in [0.15, 0.2) is 0 Å². The van der Waals surface area contributed by atoms with Crippen LogP contribution in [0.2, 0.25) is 0 Å². The van der Waals surface area contributed by atoms with Crippen LogP contribution in [-0.2, 0) is 0 Å². The highest BCUT2D eigenvalue weighted by Gasteiger charge is 2.34. The molecule has 1 aliphatic carbocycles. The molecule has 1 N–H and O–H groups in total. The second-order valence-corrected chi connectivity index (χ2v) is 5.82. The molecule has 3 atom stereocenters. The number of aliphatic hydroxyl groups excluding tert-OH is 1. The lowest BCUT2D eigenvalue weighted by Crippen LogP contribution is -2.37. The van der Waals surface area contributed by atoms with E-state index < -0.39 is 0 Å². The van der Waals surface area contributed by atoms with Crippen LogP contribution in [0.3, 0.4) is 0 Å². The first-order chi connectivity index (χ1) is 6.47. The van der Waals surface area contributed by atoms with Crippen LogP contribution in [0.1, 0.15) is 59.8 Å². The average molecular weight is 198 g/mol. The first-order valence-corrected chi connectivity index (χ1v) is 6.15. The lowest BCUT2D eigenvalue weighted by Gasteiger charge is -2.38. The van der Waals surface area contributed by atoms with Gasteiger partial charge in [-0.1, -0.05) is 40.5 Å². The molecule has 84 valence electrons. The molecule has 0 heterocycles. The van der Waals surface area contributed by atoms with E-state index in [0.717, 1.165) is 12.3 Å². The van der Waals surface area contributed by atoms with E-state index in [2.05, 4.69) is 27.7 Å². The summed E-state index contributed by atoms with van der Waals surface area (Å²) in [5.74, 6) is 1.37. The Kier molecular flexibility index (Phi) is 4.00. The summed E-state index contributed by atoms with van der Waals surface area (Å²) in [6.07, 6.45) is 6.09. The average Bonchev–Trinajstić information content (AvgIpc) is 2.16. The van der Waals surface area contributed by atoms with Crippen molar-refractivity contribution in [2.75, 3.05) is 0 Å². The van der Waals surface area contributed by atoms with Gasteiger partial charge in [0.25, 0.3) is 0 Å². The first-order valence-electron chi connectivity index (χ1n) is 6.15. The molecule has 0 aromatic carbocycles. The lowest BCUT2D eigenvalue weighted by atomic mass is 9.70. The fourth-order valence-electron chi connectivity index (χ4n) is 2.62. The highest BCUT2D eigenvalue weighted by molar-refractivity contribution is 4.85. The Morgan fingerprint density at radius 2 is 2.00 bits per heavy atom. The van der Waals surface area contributed by atoms with Crippen molar-refractivity contribution in [1.29, 1.82) is 0 Å². The Morgan fingerprint density at radius 3 is 2.50 bits per heavy atom. The van der Waals surface area contributed by atoms with Gasteiger partial charge in [-0.15, -0.1) is 0 Å². The molecule has 1 heteroatoms. The molecule has 0 spiro atoms. The Hall–Kier alpha value is -0.0400. The molecule has 1 saturated carbocycles. The lowest BCUT2D eigenvalue weighted by molar-refractivity contribution is -0.0202. The van der Waals surface area contributed by atoms with Crippen LogP contribution >= 0.6 is 0 Å². The van der Waals surface area contributed by atoms with Gasteiger partial charge in [0.2, 0.25) is 0 Å². The summed E-state index contributed by atoms with van der Waals surface area (Å²) in [5.41, 5.74) is 0.0989. The molecule has 1 fully saturated rings. The van der Waals surface area contributed by atoms with Crippen molar-refractivity contribution in [2.45, 2.75) is 65.9 Å². The number of hydrogen-bond acceptors (Lipinski definition) is 1. The van der Waals surface area contributed by atoms with Crippen molar-refractivity contribution < 1.29 is 5.11 Å². The zero-order valence-corrected chi connectivity index (χ0v) is 10.2. The topological polar surface area (TPSA) is 20.2 Å². The highest BCUT2D eigenvalue weighted by atomic mass is 16.3. The van der Waals surface area contributed by atoms with Crippen LogP contribution in [0.4, 0.5) is 0 Å². The summed E-state index contributed by atoms with van der Waals surface area (Å²) in [5, 5.41) is 10.3. The van der Waals surface area contributed by atoms with Crippen LogP contribution in [0.25, 0.3) is 0 Å². The Bertz CT molecular complexity index is 174. The van der Waals surface area contributed by atoms with Gasteiger partial charge in [-0.05, 0) is 36.5 Å². The van der Waals surface area contributed by atoms with Gasteiger partial charge in [0, 0.05) is 0 Å². The van der Waals surface area contributed by atoms with Crippen LogP contribution in [-0.4, -0.2) is 11.2 Å². The second-order valence-electron chi connectivity index (χ2n) is 5.82. The molecule has 14 heavy (non-hydrogen) atoms. The van der Waals surface area contributed by atoms with Crippen molar-refractivity contribution in [3.8, 4) is 0 Å². The molecule has 1 nitrogen and oxygen atoms in total. The SMILES string of the molecule is CCC(C)(C)C(O)C1CCCC(C)C1. The van der Waals surface area contributed by atoms with Gasteiger partial charge >= 0.3 is 0 Å². The predicted octanol–water partition coefficient (Wildman–Crippen LogP) is 3.61. The Labute approximate surface area is 88.9 Å². The van der Waals surface area contributed by atoms with E-state index in [1.807, 2.05) is 0 Å². The van der Waals surface area contributed by atoms with E-state index in [4.69, 9.17) is 0 Å². The summed E-state index contributed by atoms with van der Waals surface area (Å²) in [6, 6.07) is 0. The molecule has 0 aromatic rings. The molecule has 0 bridgehead atoms. The van der Waals surface area contributed by atoms with Crippen LogP contribution in [0.15, 0.2) is 0 Å². The Morgan fingerprint density at radius 1 is 1.36 bits per heavy atom. The van der Waals surface area contributed by atoms with E-state index in [0.29, 0.717) is 5.92 Å². The highest BCUT2D eigenvalue weighted by Crippen LogP contribution is 2.38. The zero-order valence-electron chi connectivity index (χ0n) is 10.2. The third-order valence-corrected chi connectivity index (χ3v) is 4.14. The summed E-state index contributed by atoms with van der Waals surface area (Å²) >= 11 is 0. The van der Waals surface area contributed by atoms with Gasteiger partial charge in [-0.2, -0.15) is 0 Å². The fraction of sp³-hybridized carbons (Fsp3) is 1.00. The zero-order chi connectivity index (χ0) is 10.8. The predicted molar refractivity (Wildman–Crippen MR) is 61.2 cm³/mol. The molecule has 0 aliphatic heterocycles. The van der Waals surface area contributed by atoms with Crippen LogP contribution in [0, 0.1) is 17.3 Å². The van der Waals surface area contributed by atoms with Gasteiger partial charge in [-0.25, -0.2) is 0 Å².